The minimum absolute atomic E-state index is 0.0609. The first-order valence-electron chi connectivity index (χ1n) is 5.43. The van der Waals surface area contributed by atoms with Gasteiger partial charge in [-0.2, -0.15) is 0 Å². The molecule has 1 aromatic rings. The van der Waals surface area contributed by atoms with Crippen molar-refractivity contribution in [2.75, 3.05) is 0 Å². The first-order valence-corrected chi connectivity index (χ1v) is 5.43. The normalized spacial score (nSPS) is 13.9. The topological polar surface area (TPSA) is 20.2 Å². The van der Waals surface area contributed by atoms with Crippen LogP contribution in [0.2, 0.25) is 0 Å². The monoisotopic (exact) mass is 228 g/mol. The molecule has 0 heterocycles. The second-order valence-electron chi connectivity index (χ2n) is 5.12. The molecular weight excluding hydrogens is 210 g/mol. The average Bonchev–Trinajstić information content (AvgIpc) is 2.15. The highest BCUT2D eigenvalue weighted by Gasteiger charge is 2.22. The summed E-state index contributed by atoms with van der Waals surface area (Å²) in [6.07, 6.45) is 0.0182. The van der Waals surface area contributed by atoms with Crippen LogP contribution in [0.5, 0.6) is 0 Å². The minimum Gasteiger partial charge on any atom is -0.393 e. The van der Waals surface area contributed by atoms with E-state index in [4.69, 9.17) is 0 Å². The van der Waals surface area contributed by atoms with Crippen molar-refractivity contribution >= 4 is 0 Å². The lowest BCUT2D eigenvalue weighted by atomic mass is 9.85. The molecule has 0 bridgehead atoms. The maximum atomic E-state index is 13.3. The SMILES string of the molecule is CC(C)(C)C(O)CCc1c(F)cccc1F. The Hall–Kier alpha value is -0.960. The summed E-state index contributed by atoms with van der Waals surface area (Å²) in [4.78, 5) is 0. The molecule has 1 N–H and O–H groups in total. The zero-order valence-electron chi connectivity index (χ0n) is 9.93. The lowest BCUT2D eigenvalue weighted by molar-refractivity contribution is 0.0556. The molecule has 1 unspecified atom stereocenters. The zero-order valence-corrected chi connectivity index (χ0v) is 9.93. The summed E-state index contributed by atoms with van der Waals surface area (Å²) >= 11 is 0. The molecule has 0 aliphatic heterocycles. The summed E-state index contributed by atoms with van der Waals surface area (Å²) in [5.41, 5.74) is -0.201. The fourth-order valence-electron chi connectivity index (χ4n) is 1.49. The van der Waals surface area contributed by atoms with Crippen LogP contribution in [0.3, 0.4) is 0 Å². The number of halogens is 2. The molecule has 1 rings (SSSR count). The van der Waals surface area contributed by atoms with Gasteiger partial charge in [-0.15, -0.1) is 0 Å². The molecule has 0 spiro atoms. The smallest absolute Gasteiger partial charge is 0.129 e. The fraction of sp³-hybridized carbons (Fsp3) is 0.538. The van der Waals surface area contributed by atoms with Crippen molar-refractivity contribution in [3.63, 3.8) is 0 Å². The van der Waals surface area contributed by atoms with Crippen LogP contribution in [0.15, 0.2) is 18.2 Å². The minimum atomic E-state index is -0.563. The lowest BCUT2D eigenvalue weighted by Gasteiger charge is -2.25. The molecule has 1 atom stereocenters. The first-order chi connectivity index (χ1) is 7.32. The van der Waals surface area contributed by atoms with E-state index in [0.717, 1.165) is 0 Å². The second-order valence-corrected chi connectivity index (χ2v) is 5.12. The Labute approximate surface area is 95.1 Å². The molecule has 0 aliphatic rings. The summed E-state index contributed by atoms with van der Waals surface area (Å²) in [5, 5.41) is 9.78. The van der Waals surface area contributed by atoms with Gasteiger partial charge >= 0.3 is 0 Å². The van der Waals surface area contributed by atoms with Crippen molar-refractivity contribution in [3.8, 4) is 0 Å². The molecule has 0 saturated carbocycles. The van der Waals surface area contributed by atoms with Gasteiger partial charge < -0.3 is 5.11 Å². The number of aliphatic hydroxyl groups is 1. The van der Waals surface area contributed by atoms with Crippen LogP contribution in [0, 0.1) is 17.0 Å². The predicted molar refractivity (Wildman–Crippen MR) is 60.1 cm³/mol. The van der Waals surface area contributed by atoms with Crippen LogP contribution in [-0.2, 0) is 6.42 Å². The number of aliphatic hydroxyl groups excluding tert-OH is 1. The third kappa shape index (κ3) is 3.27. The maximum Gasteiger partial charge on any atom is 0.129 e. The van der Waals surface area contributed by atoms with Gasteiger partial charge in [0.05, 0.1) is 6.10 Å². The largest absolute Gasteiger partial charge is 0.393 e. The molecule has 0 aromatic heterocycles. The van der Waals surface area contributed by atoms with Crippen molar-refractivity contribution in [2.24, 2.45) is 5.41 Å². The molecule has 16 heavy (non-hydrogen) atoms. The van der Waals surface area contributed by atoms with Gasteiger partial charge in [-0.05, 0) is 30.4 Å². The molecule has 90 valence electrons. The number of rotatable bonds is 3. The van der Waals surface area contributed by atoms with Crippen LogP contribution in [0.4, 0.5) is 8.78 Å². The number of benzene rings is 1. The van der Waals surface area contributed by atoms with E-state index in [1.165, 1.54) is 18.2 Å². The molecule has 0 radical (unpaired) electrons. The third-order valence-electron chi connectivity index (χ3n) is 2.73. The maximum absolute atomic E-state index is 13.3. The van der Waals surface area contributed by atoms with Gasteiger partial charge in [-0.1, -0.05) is 26.8 Å². The van der Waals surface area contributed by atoms with E-state index >= 15 is 0 Å². The lowest BCUT2D eigenvalue weighted by Crippen LogP contribution is -2.26. The number of hydrogen-bond donors (Lipinski definition) is 1. The second kappa shape index (κ2) is 4.91. The van der Waals surface area contributed by atoms with Crippen molar-refractivity contribution in [2.45, 2.75) is 39.7 Å². The molecule has 1 nitrogen and oxygen atoms in total. The Morgan fingerprint density at radius 3 is 2.12 bits per heavy atom. The van der Waals surface area contributed by atoms with E-state index in [1.807, 2.05) is 20.8 Å². The Kier molecular flexibility index (Phi) is 4.03. The van der Waals surface area contributed by atoms with E-state index in [-0.39, 0.29) is 17.4 Å². The summed E-state index contributed by atoms with van der Waals surface area (Å²) in [6.45, 7) is 5.69. The molecule has 1 aromatic carbocycles. The van der Waals surface area contributed by atoms with Crippen molar-refractivity contribution < 1.29 is 13.9 Å². The Bertz CT molecular complexity index is 335. The van der Waals surface area contributed by atoms with E-state index in [2.05, 4.69) is 0 Å². The average molecular weight is 228 g/mol. The van der Waals surface area contributed by atoms with E-state index in [0.29, 0.717) is 6.42 Å². The van der Waals surface area contributed by atoms with Gasteiger partial charge in [-0.25, -0.2) is 8.78 Å². The summed E-state index contributed by atoms with van der Waals surface area (Å²) in [5.74, 6) is -1.08. The Morgan fingerprint density at radius 2 is 1.69 bits per heavy atom. The molecular formula is C13H18F2O. The number of hydrogen-bond acceptors (Lipinski definition) is 1. The van der Waals surface area contributed by atoms with Crippen LogP contribution in [0.1, 0.15) is 32.8 Å². The van der Waals surface area contributed by atoms with Crippen LogP contribution in [-0.4, -0.2) is 11.2 Å². The van der Waals surface area contributed by atoms with E-state index in [9.17, 15) is 13.9 Å². The molecule has 0 amide bonds. The first kappa shape index (κ1) is 13.1. The molecule has 3 heteroatoms. The van der Waals surface area contributed by atoms with Crippen LogP contribution >= 0.6 is 0 Å². The standard InChI is InChI=1S/C13H18F2O/c1-13(2,3)12(16)8-7-9-10(14)5-4-6-11(9)15/h4-6,12,16H,7-8H2,1-3H3. The zero-order chi connectivity index (χ0) is 12.3. The highest BCUT2D eigenvalue weighted by molar-refractivity contribution is 5.19. The summed E-state index contributed by atoms with van der Waals surface area (Å²) < 4.78 is 26.6. The van der Waals surface area contributed by atoms with Gasteiger partial charge in [0.2, 0.25) is 0 Å². The van der Waals surface area contributed by atoms with Crippen molar-refractivity contribution in [1.29, 1.82) is 0 Å². The molecule has 0 saturated heterocycles. The quantitative estimate of drug-likeness (QED) is 0.841. The van der Waals surface area contributed by atoms with Gasteiger partial charge in [0, 0.05) is 5.56 Å². The van der Waals surface area contributed by atoms with Gasteiger partial charge in [0.15, 0.2) is 0 Å². The van der Waals surface area contributed by atoms with Gasteiger partial charge in [-0.3, -0.25) is 0 Å². The summed E-state index contributed by atoms with van der Waals surface area (Å²) in [6, 6.07) is 3.82. The van der Waals surface area contributed by atoms with Gasteiger partial charge in [0.1, 0.15) is 11.6 Å². The van der Waals surface area contributed by atoms with Gasteiger partial charge in [0.25, 0.3) is 0 Å². The van der Waals surface area contributed by atoms with Crippen molar-refractivity contribution in [3.05, 3.63) is 35.4 Å². The van der Waals surface area contributed by atoms with E-state index in [1.54, 1.807) is 0 Å². The highest BCUT2D eigenvalue weighted by Crippen LogP contribution is 2.24. The van der Waals surface area contributed by atoms with Crippen LogP contribution in [0.25, 0.3) is 0 Å². The van der Waals surface area contributed by atoms with Crippen LogP contribution < -0.4 is 0 Å². The molecule has 0 fully saturated rings. The third-order valence-corrected chi connectivity index (χ3v) is 2.73. The predicted octanol–water partition coefficient (Wildman–Crippen LogP) is 3.30. The highest BCUT2D eigenvalue weighted by atomic mass is 19.1. The summed E-state index contributed by atoms with van der Waals surface area (Å²) in [7, 11) is 0. The Balaban J connectivity index is 2.69. The Morgan fingerprint density at radius 1 is 1.19 bits per heavy atom. The van der Waals surface area contributed by atoms with E-state index < -0.39 is 17.7 Å². The molecule has 0 aliphatic carbocycles. The van der Waals surface area contributed by atoms with Crippen molar-refractivity contribution in [1.82, 2.24) is 0 Å². The fourth-order valence-corrected chi connectivity index (χ4v) is 1.49.